The zero-order chi connectivity index (χ0) is 19.8. The molecule has 0 aromatic heterocycles. The zero-order valence-electron chi connectivity index (χ0n) is 16.4. The van der Waals surface area contributed by atoms with Gasteiger partial charge >= 0.3 is 0 Å². The summed E-state index contributed by atoms with van der Waals surface area (Å²) in [6.45, 7) is 7.90. The fourth-order valence-corrected chi connectivity index (χ4v) is 3.48. The minimum Gasteiger partial charge on any atom is -0.349 e. The van der Waals surface area contributed by atoms with Gasteiger partial charge in [-0.05, 0) is 54.7 Å². The van der Waals surface area contributed by atoms with Crippen LogP contribution >= 0.6 is 11.8 Å². The van der Waals surface area contributed by atoms with Crippen LogP contribution in [-0.4, -0.2) is 17.6 Å². The molecule has 1 atom stereocenters. The molecule has 2 aromatic carbocycles. The Morgan fingerprint density at radius 1 is 0.963 bits per heavy atom. The smallest absolute Gasteiger partial charge is 0.230 e. The Labute approximate surface area is 166 Å². The molecule has 0 saturated heterocycles. The lowest BCUT2D eigenvalue weighted by Gasteiger charge is -2.15. The van der Waals surface area contributed by atoms with E-state index in [-0.39, 0.29) is 17.9 Å². The SMILES string of the molecule is CC(=O)Nc1ccc(SCC(=O)NC(C)c2ccc(CC(C)C)cc2)cc1. The van der Waals surface area contributed by atoms with Crippen LogP contribution in [0.5, 0.6) is 0 Å². The van der Waals surface area contributed by atoms with E-state index in [2.05, 4.69) is 48.7 Å². The molecule has 0 bridgehead atoms. The zero-order valence-corrected chi connectivity index (χ0v) is 17.2. The van der Waals surface area contributed by atoms with Crippen molar-refractivity contribution >= 4 is 29.3 Å². The number of hydrogen-bond acceptors (Lipinski definition) is 3. The largest absolute Gasteiger partial charge is 0.349 e. The summed E-state index contributed by atoms with van der Waals surface area (Å²) in [5, 5.41) is 5.78. The molecule has 4 nitrogen and oxygen atoms in total. The van der Waals surface area contributed by atoms with Crippen LogP contribution in [0.25, 0.3) is 0 Å². The van der Waals surface area contributed by atoms with E-state index in [0.717, 1.165) is 22.6 Å². The Balaban J connectivity index is 1.81. The summed E-state index contributed by atoms with van der Waals surface area (Å²) in [5.41, 5.74) is 3.19. The summed E-state index contributed by atoms with van der Waals surface area (Å²) in [6.07, 6.45) is 1.07. The van der Waals surface area contributed by atoms with Gasteiger partial charge in [-0.3, -0.25) is 9.59 Å². The highest BCUT2D eigenvalue weighted by Crippen LogP contribution is 2.21. The fraction of sp³-hybridized carbons (Fsp3) is 0.364. The van der Waals surface area contributed by atoms with Crippen molar-refractivity contribution in [3.63, 3.8) is 0 Å². The molecular formula is C22H28N2O2S. The van der Waals surface area contributed by atoms with E-state index >= 15 is 0 Å². The van der Waals surface area contributed by atoms with E-state index in [4.69, 9.17) is 0 Å². The lowest BCUT2D eigenvalue weighted by molar-refractivity contribution is -0.119. The minimum atomic E-state index is -0.0963. The van der Waals surface area contributed by atoms with Crippen LogP contribution in [0.1, 0.15) is 44.9 Å². The molecule has 1 unspecified atom stereocenters. The average molecular weight is 385 g/mol. The van der Waals surface area contributed by atoms with Crippen molar-refractivity contribution in [1.82, 2.24) is 5.32 Å². The topological polar surface area (TPSA) is 58.2 Å². The number of benzene rings is 2. The van der Waals surface area contributed by atoms with Crippen molar-refractivity contribution < 1.29 is 9.59 Å². The molecule has 2 rings (SSSR count). The van der Waals surface area contributed by atoms with E-state index in [9.17, 15) is 9.59 Å². The van der Waals surface area contributed by atoms with Gasteiger partial charge in [0.05, 0.1) is 11.8 Å². The van der Waals surface area contributed by atoms with E-state index in [1.807, 2.05) is 31.2 Å². The van der Waals surface area contributed by atoms with E-state index in [1.54, 1.807) is 0 Å². The highest BCUT2D eigenvalue weighted by Gasteiger charge is 2.10. The Hall–Kier alpha value is -2.27. The fourth-order valence-electron chi connectivity index (χ4n) is 2.77. The molecule has 0 fully saturated rings. The average Bonchev–Trinajstić information content (AvgIpc) is 2.60. The van der Waals surface area contributed by atoms with Gasteiger partial charge in [0.1, 0.15) is 0 Å². The second-order valence-corrected chi connectivity index (χ2v) is 8.17. The van der Waals surface area contributed by atoms with Crippen molar-refractivity contribution in [2.75, 3.05) is 11.1 Å². The molecule has 5 heteroatoms. The molecular weight excluding hydrogens is 356 g/mol. The number of carbonyl (C=O) groups excluding carboxylic acids is 2. The summed E-state index contributed by atoms with van der Waals surface area (Å²) < 4.78 is 0. The first-order chi connectivity index (χ1) is 12.8. The van der Waals surface area contributed by atoms with Gasteiger partial charge in [-0.25, -0.2) is 0 Å². The first-order valence-corrected chi connectivity index (χ1v) is 10.2. The second kappa shape index (κ2) is 10.2. The quantitative estimate of drug-likeness (QED) is 0.642. The van der Waals surface area contributed by atoms with Crippen LogP contribution in [0.2, 0.25) is 0 Å². The van der Waals surface area contributed by atoms with Crippen molar-refractivity contribution in [1.29, 1.82) is 0 Å². The van der Waals surface area contributed by atoms with Gasteiger partial charge in [-0.15, -0.1) is 11.8 Å². The highest BCUT2D eigenvalue weighted by molar-refractivity contribution is 8.00. The summed E-state index contributed by atoms with van der Waals surface area (Å²) in [6, 6.07) is 15.9. The molecule has 0 radical (unpaired) electrons. The third kappa shape index (κ3) is 7.47. The molecule has 0 saturated carbocycles. The monoisotopic (exact) mass is 384 g/mol. The first kappa shape index (κ1) is 21.0. The Kier molecular flexibility index (Phi) is 7.92. The lowest BCUT2D eigenvalue weighted by Crippen LogP contribution is -2.28. The Morgan fingerprint density at radius 2 is 1.59 bits per heavy atom. The summed E-state index contributed by atoms with van der Waals surface area (Å²) >= 11 is 1.48. The van der Waals surface area contributed by atoms with Gasteiger partial charge in [-0.2, -0.15) is 0 Å². The van der Waals surface area contributed by atoms with Crippen molar-refractivity contribution in [3.8, 4) is 0 Å². The highest BCUT2D eigenvalue weighted by atomic mass is 32.2. The molecule has 2 N–H and O–H groups in total. The second-order valence-electron chi connectivity index (χ2n) is 7.12. The predicted molar refractivity (Wildman–Crippen MR) is 113 cm³/mol. The maximum absolute atomic E-state index is 12.2. The maximum atomic E-state index is 12.2. The van der Waals surface area contributed by atoms with Crippen molar-refractivity contribution in [2.24, 2.45) is 5.92 Å². The minimum absolute atomic E-state index is 0.00435. The van der Waals surface area contributed by atoms with Crippen LogP contribution in [-0.2, 0) is 16.0 Å². The number of hydrogen-bond donors (Lipinski definition) is 2. The standard InChI is InChI=1S/C22H28N2O2S/c1-15(2)13-18-5-7-19(8-6-18)16(3)23-22(26)14-27-21-11-9-20(10-12-21)24-17(4)25/h5-12,15-16H,13-14H2,1-4H3,(H,23,26)(H,24,25). The van der Waals surface area contributed by atoms with Gasteiger partial charge < -0.3 is 10.6 Å². The first-order valence-electron chi connectivity index (χ1n) is 9.22. The molecule has 0 aliphatic heterocycles. The summed E-state index contributed by atoms with van der Waals surface area (Å²) in [7, 11) is 0. The molecule has 27 heavy (non-hydrogen) atoms. The predicted octanol–water partition coefficient (Wildman–Crippen LogP) is 4.81. The van der Waals surface area contributed by atoms with Gasteiger partial charge in [0, 0.05) is 17.5 Å². The third-order valence-electron chi connectivity index (χ3n) is 4.05. The van der Waals surface area contributed by atoms with Gasteiger partial charge in [-0.1, -0.05) is 38.1 Å². The van der Waals surface area contributed by atoms with Crippen molar-refractivity contribution in [2.45, 2.75) is 45.1 Å². The van der Waals surface area contributed by atoms with Gasteiger partial charge in [0.15, 0.2) is 0 Å². The molecule has 0 heterocycles. The number of nitrogens with one attached hydrogen (secondary N) is 2. The molecule has 2 amide bonds. The lowest BCUT2D eigenvalue weighted by atomic mass is 10.00. The van der Waals surface area contributed by atoms with E-state index in [0.29, 0.717) is 11.7 Å². The van der Waals surface area contributed by atoms with E-state index < -0.39 is 0 Å². The Bertz CT molecular complexity index is 755. The van der Waals surface area contributed by atoms with Crippen LogP contribution in [0.3, 0.4) is 0 Å². The van der Waals surface area contributed by atoms with Crippen LogP contribution in [0.4, 0.5) is 5.69 Å². The molecule has 144 valence electrons. The number of rotatable bonds is 8. The van der Waals surface area contributed by atoms with Gasteiger partial charge in [0.2, 0.25) is 11.8 Å². The molecule has 0 spiro atoms. The molecule has 0 aliphatic carbocycles. The Morgan fingerprint density at radius 3 is 2.15 bits per heavy atom. The van der Waals surface area contributed by atoms with E-state index in [1.165, 1.54) is 24.2 Å². The maximum Gasteiger partial charge on any atom is 0.230 e. The summed E-state index contributed by atoms with van der Waals surface area (Å²) in [5.74, 6) is 0.901. The van der Waals surface area contributed by atoms with Crippen LogP contribution in [0, 0.1) is 5.92 Å². The van der Waals surface area contributed by atoms with Crippen molar-refractivity contribution in [3.05, 3.63) is 59.7 Å². The number of amides is 2. The number of anilines is 1. The van der Waals surface area contributed by atoms with Gasteiger partial charge in [0.25, 0.3) is 0 Å². The number of carbonyl (C=O) groups is 2. The third-order valence-corrected chi connectivity index (χ3v) is 5.06. The van der Waals surface area contributed by atoms with Crippen LogP contribution < -0.4 is 10.6 Å². The summed E-state index contributed by atoms with van der Waals surface area (Å²) in [4.78, 5) is 24.3. The molecule has 0 aliphatic rings. The number of thioether (sulfide) groups is 1. The van der Waals surface area contributed by atoms with Crippen LogP contribution in [0.15, 0.2) is 53.4 Å². The normalized spacial score (nSPS) is 11.9. The molecule has 2 aromatic rings.